The Kier molecular flexibility index (Phi) is 4.11. The van der Waals surface area contributed by atoms with Crippen molar-refractivity contribution in [3.05, 3.63) is 39.7 Å². The van der Waals surface area contributed by atoms with Gasteiger partial charge in [-0.25, -0.2) is 4.98 Å². The largest absolute Gasteiger partial charge is 0.456 e. The number of piperidine rings is 1. The standard InChI is InChI=1S/C18H21N3O3S/c1-11-3-5-16(24-11)18(23)20-8-7-15-14(20)4-6-17(22)21(15)9-13-10-25-12(2)19-13/h3,5,10,14-15H,4,6-9H2,1-2H3/t14-,15+/m0/s1. The summed E-state index contributed by atoms with van der Waals surface area (Å²) in [5.74, 6) is 1.21. The number of likely N-dealkylation sites (tertiary alicyclic amines) is 2. The highest BCUT2D eigenvalue weighted by Crippen LogP contribution is 2.33. The van der Waals surface area contributed by atoms with Gasteiger partial charge in [0.2, 0.25) is 5.91 Å². The van der Waals surface area contributed by atoms with Gasteiger partial charge in [0, 0.05) is 18.3 Å². The maximum absolute atomic E-state index is 12.8. The first-order chi connectivity index (χ1) is 12.0. The molecular weight excluding hydrogens is 338 g/mol. The van der Waals surface area contributed by atoms with E-state index in [-0.39, 0.29) is 23.9 Å². The SMILES string of the molecule is Cc1ccc(C(=O)N2CC[C@@H]3[C@@H]2CCC(=O)N3Cc2csc(C)n2)o1. The second kappa shape index (κ2) is 6.29. The fourth-order valence-electron chi connectivity index (χ4n) is 3.95. The van der Waals surface area contributed by atoms with Gasteiger partial charge in [-0.05, 0) is 38.8 Å². The Labute approximate surface area is 150 Å². The maximum Gasteiger partial charge on any atom is 0.289 e. The summed E-state index contributed by atoms with van der Waals surface area (Å²) in [6, 6.07) is 3.68. The van der Waals surface area contributed by atoms with Crippen LogP contribution in [-0.4, -0.2) is 45.2 Å². The van der Waals surface area contributed by atoms with Gasteiger partial charge in [-0.1, -0.05) is 0 Å². The van der Waals surface area contributed by atoms with E-state index in [9.17, 15) is 9.59 Å². The first kappa shape index (κ1) is 16.3. The summed E-state index contributed by atoms with van der Waals surface area (Å²) in [6.45, 7) is 5.00. The lowest BCUT2D eigenvalue weighted by Crippen LogP contribution is -2.52. The molecule has 0 unspecified atom stereocenters. The van der Waals surface area contributed by atoms with E-state index in [0.717, 1.165) is 29.3 Å². The van der Waals surface area contributed by atoms with Crippen LogP contribution in [0.15, 0.2) is 21.9 Å². The number of hydrogen-bond donors (Lipinski definition) is 0. The van der Waals surface area contributed by atoms with Crippen LogP contribution in [0.25, 0.3) is 0 Å². The normalized spacial score (nSPS) is 23.2. The summed E-state index contributed by atoms with van der Waals surface area (Å²) in [7, 11) is 0. The fourth-order valence-corrected chi connectivity index (χ4v) is 4.56. The van der Waals surface area contributed by atoms with Crippen LogP contribution in [0, 0.1) is 13.8 Å². The Morgan fingerprint density at radius 3 is 2.84 bits per heavy atom. The highest BCUT2D eigenvalue weighted by molar-refractivity contribution is 7.09. The topological polar surface area (TPSA) is 66.7 Å². The third-order valence-electron chi connectivity index (χ3n) is 5.10. The molecule has 2 aromatic heterocycles. The number of rotatable bonds is 3. The molecule has 2 atom stereocenters. The van der Waals surface area contributed by atoms with Crippen molar-refractivity contribution >= 4 is 23.2 Å². The van der Waals surface area contributed by atoms with Gasteiger partial charge >= 0.3 is 0 Å². The number of aromatic nitrogens is 1. The maximum atomic E-state index is 12.8. The van der Waals surface area contributed by atoms with Crippen molar-refractivity contribution in [1.82, 2.24) is 14.8 Å². The molecular formula is C18H21N3O3S. The van der Waals surface area contributed by atoms with Crippen LogP contribution < -0.4 is 0 Å². The molecule has 0 aromatic carbocycles. The van der Waals surface area contributed by atoms with Crippen molar-refractivity contribution in [1.29, 1.82) is 0 Å². The zero-order chi connectivity index (χ0) is 17.6. The minimum Gasteiger partial charge on any atom is -0.456 e. The van der Waals surface area contributed by atoms with Crippen LogP contribution in [0.5, 0.6) is 0 Å². The molecule has 2 fully saturated rings. The van der Waals surface area contributed by atoms with Crippen LogP contribution in [0.2, 0.25) is 0 Å². The van der Waals surface area contributed by atoms with Crippen LogP contribution in [-0.2, 0) is 11.3 Å². The number of amides is 2. The molecule has 2 saturated heterocycles. The molecule has 2 aliphatic heterocycles. The zero-order valence-electron chi connectivity index (χ0n) is 14.4. The summed E-state index contributed by atoms with van der Waals surface area (Å²) in [6.07, 6.45) is 2.01. The lowest BCUT2D eigenvalue weighted by Gasteiger charge is -2.39. The number of furan rings is 1. The number of aryl methyl sites for hydroxylation is 2. The molecule has 4 heterocycles. The highest BCUT2D eigenvalue weighted by Gasteiger charge is 2.45. The van der Waals surface area contributed by atoms with Crippen molar-refractivity contribution in [2.24, 2.45) is 0 Å². The molecule has 132 valence electrons. The molecule has 0 saturated carbocycles. The van der Waals surface area contributed by atoms with Crippen molar-refractivity contribution in [3.8, 4) is 0 Å². The first-order valence-corrected chi connectivity index (χ1v) is 9.49. The zero-order valence-corrected chi connectivity index (χ0v) is 15.2. The van der Waals surface area contributed by atoms with E-state index < -0.39 is 0 Å². The van der Waals surface area contributed by atoms with Crippen molar-refractivity contribution in [2.45, 2.75) is 51.7 Å². The lowest BCUT2D eigenvalue weighted by molar-refractivity contribution is -0.138. The van der Waals surface area contributed by atoms with Gasteiger partial charge in [-0.15, -0.1) is 11.3 Å². The van der Waals surface area contributed by atoms with Crippen LogP contribution >= 0.6 is 11.3 Å². The molecule has 2 aromatic rings. The third kappa shape index (κ3) is 2.97. The number of fused-ring (bicyclic) bond motifs is 1. The summed E-state index contributed by atoms with van der Waals surface area (Å²) in [5, 5.41) is 3.02. The Morgan fingerprint density at radius 2 is 2.16 bits per heavy atom. The summed E-state index contributed by atoms with van der Waals surface area (Å²) in [5.41, 5.74) is 0.933. The molecule has 7 heteroatoms. The molecule has 4 rings (SSSR count). The Hall–Kier alpha value is -2.15. The lowest BCUT2D eigenvalue weighted by atomic mass is 9.96. The van der Waals surface area contributed by atoms with Gasteiger partial charge in [0.25, 0.3) is 5.91 Å². The van der Waals surface area contributed by atoms with Gasteiger partial charge in [-0.3, -0.25) is 9.59 Å². The average Bonchev–Trinajstić information content (AvgIpc) is 3.29. The van der Waals surface area contributed by atoms with Crippen LogP contribution in [0.1, 0.15) is 46.3 Å². The monoisotopic (exact) mass is 359 g/mol. The summed E-state index contributed by atoms with van der Waals surface area (Å²) < 4.78 is 5.50. The van der Waals surface area contributed by atoms with E-state index in [2.05, 4.69) is 4.98 Å². The van der Waals surface area contributed by atoms with Gasteiger partial charge in [0.15, 0.2) is 5.76 Å². The predicted molar refractivity (Wildman–Crippen MR) is 93.3 cm³/mol. The van der Waals surface area contributed by atoms with E-state index in [4.69, 9.17) is 4.42 Å². The van der Waals surface area contributed by atoms with Crippen LogP contribution in [0.3, 0.4) is 0 Å². The van der Waals surface area contributed by atoms with Crippen molar-refractivity contribution in [3.63, 3.8) is 0 Å². The van der Waals surface area contributed by atoms with Gasteiger partial charge < -0.3 is 14.2 Å². The van der Waals surface area contributed by atoms with E-state index in [0.29, 0.717) is 25.3 Å². The molecule has 0 spiro atoms. The summed E-state index contributed by atoms with van der Waals surface area (Å²) in [4.78, 5) is 33.6. The van der Waals surface area contributed by atoms with Crippen molar-refractivity contribution in [2.75, 3.05) is 6.54 Å². The molecule has 0 N–H and O–H groups in total. The van der Waals surface area contributed by atoms with Gasteiger partial charge in [-0.2, -0.15) is 0 Å². The summed E-state index contributed by atoms with van der Waals surface area (Å²) >= 11 is 1.60. The molecule has 0 radical (unpaired) electrons. The van der Waals surface area contributed by atoms with Gasteiger partial charge in [0.1, 0.15) is 5.76 Å². The molecule has 6 nitrogen and oxygen atoms in total. The molecule has 25 heavy (non-hydrogen) atoms. The Morgan fingerprint density at radius 1 is 1.32 bits per heavy atom. The molecule has 2 amide bonds. The first-order valence-electron chi connectivity index (χ1n) is 8.61. The average molecular weight is 359 g/mol. The highest BCUT2D eigenvalue weighted by atomic mass is 32.1. The Bertz CT molecular complexity index is 812. The van der Waals surface area contributed by atoms with E-state index in [1.807, 2.05) is 35.1 Å². The second-order valence-corrected chi connectivity index (χ2v) is 7.81. The second-order valence-electron chi connectivity index (χ2n) is 6.75. The van der Waals surface area contributed by atoms with E-state index in [1.54, 1.807) is 17.4 Å². The van der Waals surface area contributed by atoms with E-state index in [1.165, 1.54) is 0 Å². The molecule has 0 aliphatic carbocycles. The third-order valence-corrected chi connectivity index (χ3v) is 5.92. The number of hydrogen-bond acceptors (Lipinski definition) is 5. The number of nitrogens with zero attached hydrogens (tertiary/aromatic N) is 3. The fraction of sp³-hybridized carbons (Fsp3) is 0.500. The minimum atomic E-state index is -0.0700. The smallest absolute Gasteiger partial charge is 0.289 e. The van der Waals surface area contributed by atoms with Gasteiger partial charge in [0.05, 0.1) is 29.3 Å². The van der Waals surface area contributed by atoms with E-state index >= 15 is 0 Å². The number of carbonyl (C=O) groups is 2. The number of thiazole rings is 1. The molecule has 2 aliphatic rings. The van der Waals surface area contributed by atoms with Crippen molar-refractivity contribution < 1.29 is 14.0 Å². The Balaban J connectivity index is 1.53. The quantitative estimate of drug-likeness (QED) is 0.845. The minimum absolute atomic E-state index is 0.0651. The molecule has 0 bridgehead atoms. The van der Waals surface area contributed by atoms with Crippen LogP contribution in [0.4, 0.5) is 0 Å². The predicted octanol–water partition coefficient (Wildman–Crippen LogP) is 2.76. The number of carbonyl (C=O) groups excluding carboxylic acids is 2.